The number of carbonyl (C=O) groups excluding carboxylic acids is 1. The Balaban J connectivity index is 2.01. The number of carbonyl (C=O) groups is 1. The average Bonchev–Trinajstić information content (AvgIpc) is 2.55. The highest BCUT2D eigenvalue weighted by Crippen LogP contribution is 2.16. The van der Waals surface area contributed by atoms with Gasteiger partial charge in [-0.05, 0) is 42.0 Å². The summed E-state index contributed by atoms with van der Waals surface area (Å²) in [6.07, 6.45) is 2.65. The number of sulfonamides is 1. The van der Waals surface area contributed by atoms with Gasteiger partial charge in [-0.15, -0.1) is 0 Å². The Bertz CT molecular complexity index is 847. The van der Waals surface area contributed by atoms with Crippen LogP contribution in [-0.2, 0) is 10.0 Å². The van der Waals surface area contributed by atoms with Gasteiger partial charge in [-0.2, -0.15) is 5.10 Å². The van der Waals surface area contributed by atoms with E-state index >= 15 is 0 Å². The van der Waals surface area contributed by atoms with Crippen LogP contribution in [-0.4, -0.2) is 33.8 Å². The topological polar surface area (TPSA) is 78.8 Å². The van der Waals surface area contributed by atoms with Crippen LogP contribution in [0.4, 0.5) is 5.69 Å². The van der Waals surface area contributed by atoms with Crippen LogP contribution < -0.4 is 9.73 Å². The molecule has 2 rings (SSSR count). The molecule has 0 fully saturated rings. The van der Waals surface area contributed by atoms with Crippen molar-refractivity contribution in [3.05, 3.63) is 64.1 Å². The molecule has 126 valence electrons. The van der Waals surface area contributed by atoms with Crippen molar-refractivity contribution in [1.82, 2.24) is 5.43 Å². The van der Waals surface area contributed by atoms with Gasteiger partial charge in [0.15, 0.2) is 0 Å². The number of hydrazone groups is 1. The van der Waals surface area contributed by atoms with E-state index in [4.69, 9.17) is 0 Å². The van der Waals surface area contributed by atoms with E-state index in [0.717, 1.165) is 20.6 Å². The van der Waals surface area contributed by atoms with Crippen molar-refractivity contribution in [1.29, 1.82) is 0 Å². The minimum Gasteiger partial charge on any atom is -0.274 e. The van der Waals surface area contributed by atoms with E-state index in [2.05, 4.69) is 26.5 Å². The first-order chi connectivity index (χ1) is 11.3. The molecule has 8 heteroatoms. The lowest BCUT2D eigenvalue weighted by Crippen LogP contribution is -2.25. The Morgan fingerprint density at radius 2 is 1.71 bits per heavy atom. The molecule has 0 bridgehead atoms. The number of amides is 1. The van der Waals surface area contributed by atoms with Crippen molar-refractivity contribution < 1.29 is 13.2 Å². The van der Waals surface area contributed by atoms with Gasteiger partial charge in [0.05, 0.1) is 18.2 Å². The molecule has 0 saturated carbocycles. The lowest BCUT2D eigenvalue weighted by atomic mass is 10.2. The number of rotatable bonds is 5. The Hall–Kier alpha value is -2.19. The molecular formula is C16H16BrN3O3S. The van der Waals surface area contributed by atoms with Crippen molar-refractivity contribution in [3.63, 3.8) is 0 Å². The first-order valence-electron chi connectivity index (χ1n) is 6.90. The maximum absolute atomic E-state index is 12.0. The maximum atomic E-state index is 12.0. The van der Waals surface area contributed by atoms with E-state index in [1.54, 1.807) is 24.3 Å². The van der Waals surface area contributed by atoms with E-state index in [0.29, 0.717) is 11.3 Å². The summed E-state index contributed by atoms with van der Waals surface area (Å²) >= 11 is 3.34. The van der Waals surface area contributed by atoms with Crippen LogP contribution in [0.15, 0.2) is 58.1 Å². The zero-order valence-corrected chi connectivity index (χ0v) is 15.5. The molecule has 0 unspecified atom stereocenters. The van der Waals surface area contributed by atoms with E-state index in [1.165, 1.54) is 13.3 Å². The monoisotopic (exact) mass is 409 g/mol. The van der Waals surface area contributed by atoms with Gasteiger partial charge in [0, 0.05) is 17.1 Å². The van der Waals surface area contributed by atoms with Crippen molar-refractivity contribution in [2.24, 2.45) is 5.10 Å². The molecule has 0 aliphatic heterocycles. The summed E-state index contributed by atoms with van der Waals surface area (Å²) in [5, 5.41) is 3.90. The second kappa shape index (κ2) is 7.59. The zero-order chi connectivity index (χ0) is 17.7. The number of benzene rings is 2. The number of hydrogen-bond donors (Lipinski definition) is 1. The molecule has 0 aliphatic rings. The van der Waals surface area contributed by atoms with Crippen LogP contribution in [0, 0.1) is 0 Å². The third-order valence-electron chi connectivity index (χ3n) is 3.24. The number of nitrogens with one attached hydrogen (secondary N) is 1. The molecule has 24 heavy (non-hydrogen) atoms. The van der Waals surface area contributed by atoms with E-state index < -0.39 is 10.0 Å². The minimum atomic E-state index is -3.33. The minimum absolute atomic E-state index is 0.378. The highest BCUT2D eigenvalue weighted by Gasteiger charge is 2.12. The summed E-state index contributed by atoms with van der Waals surface area (Å²) in [4.78, 5) is 12.0. The molecule has 2 aromatic carbocycles. The van der Waals surface area contributed by atoms with Crippen molar-refractivity contribution in [3.8, 4) is 0 Å². The van der Waals surface area contributed by atoms with Gasteiger partial charge in [-0.3, -0.25) is 9.10 Å². The third kappa shape index (κ3) is 4.90. The lowest BCUT2D eigenvalue weighted by molar-refractivity contribution is 0.0955. The highest BCUT2D eigenvalue weighted by atomic mass is 79.9. The average molecular weight is 410 g/mol. The fraction of sp³-hybridized carbons (Fsp3) is 0.125. The second-order valence-electron chi connectivity index (χ2n) is 5.03. The van der Waals surface area contributed by atoms with E-state index in [-0.39, 0.29) is 5.91 Å². The van der Waals surface area contributed by atoms with Gasteiger partial charge in [0.2, 0.25) is 10.0 Å². The van der Waals surface area contributed by atoms with Crippen molar-refractivity contribution >= 4 is 43.8 Å². The van der Waals surface area contributed by atoms with Gasteiger partial charge in [0.25, 0.3) is 5.91 Å². The van der Waals surface area contributed by atoms with Crippen molar-refractivity contribution in [2.45, 2.75) is 0 Å². The summed E-state index contributed by atoms with van der Waals surface area (Å²) < 4.78 is 25.0. The SMILES string of the molecule is CN(c1ccc(C(=O)N/N=C\c2ccc(Br)cc2)cc1)S(C)(=O)=O. The molecular weight excluding hydrogens is 394 g/mol. The Morgan fingerprint density at radius 3 is 2.25 bits per heavy atom. The quantitative estimate of drug-likeness (QED) is 0.608. The Kier molecular flexibility index (Phi) is 5.74. The summed E-state index contributed by atoms with van der Waals surface area (Å²) in [5.41, 5.74) is 4.14. The standard InChI is InChI=1S/C16H16BrN3O3S/c1-20(24(2,22)23)15-9-5-13(6-10-15)16(21)19-18-11-12-3-7-14(17)8-4-12/h3-11H,1-2H3,(H,19,21)/b18-11-. The summed E-state index contributed by atoms with van der Waals surface area (Å²) in [6, 6.07) is 13.7. The van der Waals surface area contributed by atoms with Gasteiger partial charge in [-0.25, -0.2) is 13.8 Å². The molecule has 0 heterocycles. The van der Waals surface area contributed by atoms with Gasteiger partial charge < -0.3 is 0 Å². The van der Waals surface area contributed by atoms with Crippen LogP contribution in [0.1, 0.15) is 15.9 Å². The number of anilines is 1. The smallest absolute Gasteiger partial charge is 0.271 e. The first-order valence-corrected chi connectivity index (χ1v) is 9.54. The van der Waals surface area contributed by atoms with Crippen LogP contribution in [0.5, 0.6) is 0 Å². The van der Waals surface area contributed by atoms with Crippen LogP contribution in [0.3, 0.4) is 0 Å². The molecule has 1 N–H and O–H groups in total. The van der Waals surface area contributed by atoms with E-state index in [9.17, 15) is 13.2 Å². The third-order valence-corrected chi connectivity index (χ3v) is 4.97. The fourth-order valence-corrected chi connectivity index (χ4v) is 2.56. The zero-order valence-electron chi connectivity index (χ0n) is 13.1. The molecule has 0 aliphatic carbocycles. The highest BCUT2D eigenvalue weighted by molar-refractivity contribution is 9.10. The molecule has 1 amide bonds. The largest absolute Gasteiger partial charge is 0.274 e. The fourth-order valence-electron chi connectivity index (χ4n) is 1.79. The first kappa shape index (κ1) is 18.2. The van der Waals surface area contributed by atoms with Crippen LogP contribution in [0.25, 0.3) is 0 Å². The molecule has 0 radical (unpaired) electrons. The summed E-state index contributed by atoms with van der Waals surface area (Å²) in [6.45, 7) is 0. The van der Waals surface area contributed by atoms with Crippen LogP contribution in [0.2, 0.25) is 0 Å². The molecule has 0 aromatic heterocycles. The molecule has 6 nitrogen and oxygen atoms in total. The predicted molar refractivity (Wildman–Crippen MR) is 98.9 cm³/mol. The van der Waals surface area contributed by atoms with Gasteiger partial charge >= 0.3 is 0 Å². The Labute approximate surface area is 149 Å². The Morgan fingerprint density at radius 1 is 1.12 bits per heavy atom. The normalized spacial score (nSPS) is 11.5. The molecule has 0 atom stereocenters. The van der Waals surface area contributed by atoms with Gasteiger partial charge in [0.1, 0.15) is 0 Å². The summed E-state index contributed by atoms with van der Waals surface area (Å²) in [5.74, 6) is -0.378. The number of halogens is 1. The molecule has 2 aromatic rings. The van der Waals surface area contributed by atoms with E-state index in [1.807, 2.05) is 24.3 Å². The maximum Gasteiger partial charge on any atom is 0.271 e. The lowest BCUT2D eigenvalue weighted by Gasteiger charge is -2.16. The molecule has 0 saturated heterocycles. The summed E-state index contributed by atoms with van der Waals surface area (Å²) in [7, 11) is -1.88. The predicted octanol–water partition coefficient (Wildman–Crippen LogP) is 2.61. The number of hydrogen-bond acceptors (Lipinski definition) is 4. The van der Waals surface area contributed by atoms with Gasteiger partial charge in [-0.1, -0.05) is 28.1 Å². The van der Waals surface area contributed by atoms with Crippen LogP contribution >= 0.6 is 15.9 Å². The molecule has 0 spiro atoms. The second-order valence-corrected chi connectivity index (χ2v) is 7.96. The number of nitrogens with zero attached hydrogens (tertiary/aromatic N) is 2. The van der Waals surface area contributed by atoms with Crippen molar-refractivity contribution in [2.75, 3.05) is 17.6 Å².